The Morgan fingerprint density at radius 3 is 2.55 bits per heavy atom. The van der Waals surface area contributed by atoms with Gasteiger partial charge in [0.05, 0.1) is 5.71 Å². The van der Waals surface area contributed by atoms with E-state index >= 15 is 0 Å². The monoisotopic (exact) mass is 296 g/mol. The molecular weight excluding hydrogens is 272 g/mol. The Labute approximate surface area is 132 Å². The summed E-state index contributed by atoms with van der Waals surface area (Å²) >= 11 is 0. The van der Waals surface area contributed by atoms with Gasteiger partial charge in [-0.1, -0.05) is 37.6 Å². The van der Waals surface area contributed by atoms with E-state index in [2.05, 4.69) is 36.2 Å². The average Bonchev–Trinajstić information content (AvgIpc) is 2.88. The molecule has 1 aliphatic rings. The topological polar surface area (TPSA) is 76.8 Å². The Morgan fingerprint density at radius 1 is 1.27 bits per heavy atom. The minimum Gasteiger partial charge on any atom is -0.370 e. The van der Waals surface area contributed by atoms with Crippen molar-refractivity contribution in [2.75, 3.05) is 0 Å². The third kappa shape index (κ3) is 3.85. The molecule has 1 aromatic carbocycles. The summed E-state index contributed by atoms with van der Waals surface area (Å²) in [6.07, 6.45) is 4.81. The molecule has 0 unspecified atom stereocenters. The number of nitrogens with two attached hydrogens (primary N) is 2. The van der Waals surface area contributed by atoms with Gasteiger partial charge in [-0.05, 0) is 42.5 Å². The summed E-state index contributed by atoms with van der Waals surface area (Å²) < 4.78 is 0. The van der Waals surface area contributed by atoms with Crippen molar-refractivity contribution in [2.45, 2.75) is 40.0 Å². The van der Waals surface area contributed by atoms with Gasteiger partial charge in [0.15, 0.2) is 5.96 Å². The fourth-order valence-electron chi connectivity index (χ4n) is 2.60. The lowest BCUT2D eigenvalue weighted by atomic mass is 9.98. The summed E-state index contributed by atoms with van der Waals surface area (Å²) in [6, 6.07) is 8.71. The minimum absolute atomic E-state index is 0.0725. The van der Waals surface area contributed by atoms with Crippen molar-refractivity contribution >= 4 is 11.7 Å². The number of benzene rings is 1. The third-order valence-electron chi connectivity index (χ3n) is 3.79. The first-order chi connectivity index (χ1) is 10.5. The summed E-state index contributed by atoms with van der Waals surface area (Å²) in [6.45, 7) is 6.23. The Bertz CT molecular complexity index is 657. The number of hydrogen-bond donors (Lipinski definition) is 2. The SMILES string of the molecule is CCCc1ccc(C2=NC(C)=C(/C(C)=C/N=C(N)N)C2)cc1. The Morgan fingerprint density at radius 2 is 1.95 bits per heavy atom. The quantitative estimate of drug-likeness (QED) is 0.646. The maximum absolute atomic E-state index is 5.37. The summed E-state index contributed by atoms with van der Waals surface area (Å²) in [4.78, 5) is 8.67. The lowest BCUT2D eigenvalue weighted by molar-refractivity contribution is 0.922. The van der Waals surface area contributed by atoms with Crippen molar-refractivity contribution in [3.8, 4) is 0 Å². The molecule has 4 heteroatoms. The second-order valence-corrected chi connectivity index (χ2v) is 5.61. The molecule has 0 spiro atoms. The first-order valence-electron chi connectivity index (χ1n) is 7.63. The van der Waals surface area contributed by atoms with Gasteiger partial charge in [-0.15, -0.1) is 0 Å². The molecule has 0 amide bonds. The van der Waals surface area contributed by atoms with Crippen LogP contribution < -0.4 is 11.5 Å². The van der Waals surface area contributed by atoms with Gasteiger partial charge >= 0.3 is 0 Å². The summed E-state index contributed by atoms with van der Waals surface area (Å²) in [5, 5.41) is 0. The van der Waals surface area contributed by atoms with Crippen molar-refractivity contribution in [1.29, 1.82) is 0 Å². The summed E-state index contributed by atoms with van der Waals surface area (Å²) in [5.41, 5.74) is 17.7. The van der Waals surface area contributed by atoms with E-state index in [-0.39, 0.29) is 5.96 Å². The van der Waals surface area contributed by atoms with Crippen LogP contribution in [-0.2, 0) is 6.42 Å². The number of rotatable bonds is 5. The molecule has 1 aromatic rings. The number of aliphatic imine (C=N–C) groups is 2. The van der Waals surface area contributed by atoms with E-state index in [1.165, 1.54) is 23.1 Å². The minimum atomic E-state index is 0.0725. The number of nitrogens with zero attached hydrogens (tertiary/aromatic N) is 2. The van der Waals surface area contributed by atoms with Crippen LogP contribution in [0.1, 0.15) is 44.7 Å². The van der Waals surface area contributed by atoms with E-state index < -0.39 is 0 Å². The first kappa shape index (κ1) is 16.0. The third-order valence-corrected chi connectivity index (χ3v) is 3.79. The highest BCUT2D eigenvalue weighted by molar-refractivity contribution is 6.04. The van der Waals surface area contributed by atoms with Crippen LogP contribution in [0.2, 0.25) is 0 Å². The van der Waals surface area contributed by atoms with Crippen LogP contribution in [0.15, 0.2) is 57.3 Å². The van der Waals surface area contributed by atoms with E-state index in [1.807, 2.05) is 13.8 Å². The van der Waals surface area contributed by atoms with Gasteiger partial charge in [0.25, 0.3) is 0 Å². The van der Waals surface area contributed by atoms with Crippen molar-refractivity contribution in [3.05, 3.63) is 58.4 Å². The molecule has 4 N–H and O–H groups in total. The van der Waals surface area contributed by atoms with Crippen LogP contribution in [0.5, 0.6) is 0 Å². The number of hydrogen-bond acceptors (Lipinski definition) is 2. The lowest BCUT2D eigenvalue weighted by Crippen LogP contribution is -2.21. The molecule has 1 aliphatic heterocycles. The molecule has 0 aliphatic carbocycles. The highest BCUT2D eigenvalue weighted by atomic mass is 15.0. The standard InChI is InChI=1S/C18H24N4/c1-4-5-14-6-8-15(9-7-14)17-10-16(13(3)22-17)12(2)11-21-18(19)20/h6-9,11H,4-5,10H2,1-3H3,(H4,19,20,21)/b12-11+. The molecule has 0 saturated heterocycles. The van der Waals surface area contributed by atoms with E-state index in [4.69, 9.17) is 16.5 Å². The highest BCUT2D eigenvalue weighted by Crippen LogP contribution is 2.28. The maximum Gasteiger partial charge on any atom is 0.190 e. The lowest BCUT2D eigenvalue weighted by Gasteiger charge is -2.05. The van der Waals surface area contributed by atoms with Gasteiger partial charge in [0.2, 0.25) is 0 Å². The molecule has 22 heavy (non-hydrogen) atoms. The second-order valence-electron chi connectivity index (χ2n) is 5.61. The van der Waals surface area contributed by atoms with Crippen molar-refractivity contribution < 1.29 is 0 Å². The van der Waals surface area contributed by atoms with Crippen LogP contribution in [-0.4, -0.2) is 11.7 Å². The molecule has 0 saturated carbocycles. The summed E-state index contributed by atoms with van der Waals surface area (Å²) in [7, 11) is 0. The average molecular weight is 296 g/mol. The predicted molar refractivity (Wildman–Crippen MR) is 93.9 cm³/mol. The van der Waals surface area contributed by atoms with Gasteiger partial charge in [0, 0.05) is 18.3 Å². The van der Waals surface area contributed by atoms with Gasteiger partial charge in [-0.3, -0.25) is 4.99 Å². The normalized spacial score (nSPS) is 15.0. The molecule has 0 radical (unpaired) electrons. The van der Waals surface area contributed by atoms with Crippen LogP contribution in [0.25, 0.3) is 0 Å². The molecule has 2 rings (SSSR count). The van der Waals surface area contributed by atoms with E-state index in [9.17, 15) is 0 Å². The van der Waals surface area contributed by atoms with Crippen molar-refractivity contribution in [3.63, 3.8) is 0 Å². The molecule has 1 heterocycles. The Kier molecular flexibility index (Phi) is 5.15. The number of aryl methyl sites for hydroxylation is 1. The molecule has 0 fully saturated rings. The van der Waals surface area contributed by atoms with Gasteiger partial charge in [-0.25, -0.2) is 4.99 Å². The van der Waals surface area contributed by atoms with Crippen LogP contribution in [0, 0.1) is 0 Å². The van der Waals surface area contributed by atoms with Gasteiger partial charge in [0.1, 0.15) is 0 Å². The van der Waals surface area contributed by atoms with E-state index in [0.717, 1.165) is 29.8 Å². The van der Waals surface area contributed by atoms with Crippen LogP contribution >= 0.6 is 0 Å². The van der Waals surface area contributed by atoms with Gasteiger partial charge in [-0.2, -0.15) is 0 Å². The largest absolute Gasteiger partial charge is 0.370 e. The molecule has 4 nitrogen and oxygen atoms in total. The van der Waals surface area contributed by atoms with Crippen LogP contribution in [0.3, 0.4) is 0 Å². The van der Waals surface area contributed by atoms with Crippen LogP contribution in [0.4, 0.5) is 0 Å². The fourth-order valence-corrected chi connectivity index (χ4v) is 2.60. The smallest absolute Gasteiger partial charge is 0.190 e. The zero-order valence-corrected chi connectivity index (χ0v) is 13.6. The predicted octanol–water partition coefficient (Wildman–Crippen LogP) is 3.28. The van der Waals surface area contributed by atoms with Crippen molar-refractivity contribution in [1.82, 2.24) is 0 Å². The van der Waals surface area contributed by atoms with E-state index in [0.29, 0.717) is 0 Å². The number of allylic oxidation sites excluding steroid dienone is 3. The van der Waals surface area contributed by atoms with Gasteiger partial charge < -0.3 is 11.5 Å². The first-order valence-corrected chi connectivity index (χ1v) is 7.63. The molecular formula is C18H24N4. The number of guanidine groups is 1. The molecule has 0 aromatic heterocycles. The van der Waals surface area contributed by atoms with Crippen molar-refractivity contribution in [2.24, 2.45) is 21.5 Å². The molecule has 116 valence electrons. The zero-order chi connectivity index (χ0) is 16.1. The highest BCUT2D eigenvalue weighted by Gasteiger charge is 2.17. The zero-order valence-electron chi connectivity index (χ0n) is 13.6. The molecule has 0 atom stereocenters. The second kappa shape index (κ2) is 7.07. The summed E-state index contributed by atoms with van der Waals surface area (Å²) in [5.74, 6) is 0.0725. The molecule has 0 bridgehead atoms. The Hall–Kier alpha value is -2.36. The Balaban J connectivity index is 2.14. The van der Waals surface area contributed by atoms with E-state index in [1.54, 1.807) is 6.20 Å². The maximum atomic E-state index is 5.37. The fraction of sp³-hybridized carbons (Fsp3) is 0.333.